The predicted molar refractivity (Wildman–Crippen MR) is 93.6 cm³/mol. The number of benzene rings is 1. The number of carboxylic acids is 1. The number of anilines is 1. The average molecular weight is 363 g/mol. The number of nitrogens with one attached hydrogen (secondary N) is 2. The second-order valence-corrected chi connectivity index (χ2v) is 6.83. The Morgan fingerprint density at radius 3 is 2.36 bits per heavy atom. The van der Waals surface area contributed by atoms with E-state index in [2.05, 4.69) is 10.6 Å². The number of amides is 2. The molecule has 1 fully saturated rings. The fraction of sp³-hybridized carbons (Fsp3) is 0.389. The summed E-state index contributed by atoms with van der Waals surface area (Å²) in [6.07, 6.45) is 6.30. The lowest BCUT2D eigenvalue weighted by atomic mass is 9.82. The average Bonchev–Trinajstić information content (AvgIpc) is 3.38. The largest absolute Gasteiger partial charge is 0.481 e. The summed E-state index contributed by atoms with van der Waals surface area (Å²) in [5.41, 5.74) is 0.798. The maximum absolute atomic E-state index is 12.4. The lowest BCUT2D eigenvalue weighted by Crippen LogP contribution is -2.34. The van der Waals surface area contributed by atoms with E-state index >= 15 is 0 Å². The van der Waals surface area contributed by atoms with Gasteiger partial charge in [-0.1, -0.05) is 23.8 Å². The van der Waals surface area contributed by atoms with E-state index in [1.165, 1.54) is 6.07 Å². The summed E-state index contributed by atoms with van der Waals surface area (Å²) >= 11 is 6.16. The summed E-state index contributed by atoms with van der Waals surface area (Å²) in [6, 6.07) is 4.90. The second kappa shape index (κ2) is 7.27. The molecule has 2 amide bonds. The zero-order valence-electron chi connectivity index (χ0n) is 13.5. The number of carboxylic acid groups (broad SMARTS) is 1. The van der Waals surface area contributed by atoms with Gasteiger partial charge in [0.15, 0.2) is 0 Å². The Labute approximate surface area is 150 Å². The molecule has 7 heteroatoms. The Hall–Kier alpha value is -2.34. The van der Waals surface area contributed by atoms with Crippen molar-refractivity contribution in [3.8, 4) is 0 Å². The first-order chi connectivity index (χ1) is 12.0. The molecule has 0 unspecified atom stereocenters. The van der Waals surface area contributed by atoms with Crippen LogP contribution in [0.4, 0.5) is 5.69 Å². The number of rotatable bonds is 5. The van der Waals surface area contributed by atoms with E-state index in [4.69, 9.17) is 11.6 Å². The number of hydrogen-bond donors (Lipinski definition) is 3. The summed E-state index contributed by atoms with van der Waals surface area (Å²) in [5.74, 6) is -2.92. The van der Waals surface area contributed by atoms with Crippen molar-refractivity contribution in [2.45, 2.75) is 31.7 Å². The Balaban J connectivity index is 1.68. The number of halogens is 1. The van der Waals surface area contributed by atoms with Crippen LogP contribution < -0.4 is 10.6 Å². The summed E-state index contributed by atoms with van der Waals surface area (Å²) in [7, 11) is 0. The van der Waals surface area contributed by atoms with E-state index in [0.717, 1.165) is 12.8 Å². The monoisotopic (exact) mass is 362 g/mol. The number of aliphatic carboxylic acids is 1. The van der Waals surface area contributed by atoms with Crippen LogP contribution in [-0.2, 0) is 9.59 Å². The third-order valence-corrected chi connectivity index (χ3v) is 4.79. The van der Waals surface area contributed by atoms with E-state index in [9.17, 15) is 19.5 Å². The SMILES string of the molecule is O=C(NC1CC1)c1ccc(NC(=O)[C@H]2CC=CC[C@@H]2C(=O)O)cc1Cl. The summed E-state index contributed by atoms with van der Waals surface area (Å²) in [5, 5.41) is 15.1. The van der Waals surface area contributed by atoms with Crippen LogP contribution in [0.5, 0.6) is 0 Å². The third-order valence-electron chi connectivity index (χ3n) is 4.48. The topological polar surface area (TPSA) is 95.5 Å². The quantitative estimate of drug-likeness (QED) is 0.702. The van der Waals surface area contributed by atoms with Gasteiger partial charge in [0.1, 0.15) is 0 Å². The molecule has 0 radical (unpaired) electrons. The molecule has 3 rings (SSSR count). The van der Waals surface area contributed by atoms with Crippen molar-refractivity contribution in [1.29, 1.82) is 0 Å². The normalized spacial score (nSPS) is 22.3. The fourth-order valence-corrected chi connectivity index (χ4v) is 3.15. The van der Waals surface area contributed by atoms with Crippen LogP contribution in [0.1, 0.15) is 36.0 Å². The third kappa shape index (κ3) is 4.20. The number of carbonyl (C=O) groups excluding carboxylic acids is 2. The number of allylic oxidation sites excluding steroid dienone is 2. The molecule has 6 nitrogen and oxygen atoms in total. The van der Waals surface area contributed by atoms with Crippen molar-refractivity contribution < 1.29 is 19.5 Å². The highest BCUT2D eigenvalue weighted by atomic mass is 35.5. The first-order valence-electron chi connectivity index (χ1n) is 8.25. The first-order valence-corrected chi connectivity index (χ1v) is 8.62. The molecule has 1 saturated carbocycles. The zero-order valence-corrected chi connectivity index (χ0v) is 14.3. The van der Waals surface area contributed by atoms with Crippen LogP contribution in [0, 0.1) is 11.8 Å². The highest BCUT2D eigenvalue weighted by Crippen LogP contribution is 2.28. The van der Waals surface area contributed by atoms with E-state index < -0.39 is 17.8 Å². The Kier molecular flexibility index (Phi) is 5.08. The summed E-state index contributed by atoms with van der Waals surface area (Å²) in [6.45, 7) is 0. The van der Waals surface area contributed by atoms with Crippen molar-refractivity contribution in [2.75, 3.05) is 5.32 Å². The van der Waals surface area contributed by atoms with Crippen LogP contribution in [0.2, 0.25) is 5.02 Å². The Bertz CT molecular complexity index is 743. The molecule has 0 heterocycles. The predicted octanol–water partition coefficient (Wildman–Crippen LogP) is 2.84. The molecule has 0 bridgehead atoms. The van der Waals surface area contributed by atoms with Crippen molar-refractivity contribution in [2.24, 2.45) is 11.8 Å². The van der Waals surface area contributed by atoms with E-state index in [0.29, 0.717) is 24.1 Å². The van der Waals surface area contributed by atoms with Crippen LogP contribution in [-0.4, -0.2) is 28.9 Å². The molecule has 2 aliphatic rings. The molecule has 0 saturated heterocycles. The smallest absolute Gasteiger partial charge is 0.307 e. The minimum absolute atomic E-state index is 0.228. The fourth-order valence-electron chi connectivity index (χ4n) is 2.88. The molecular weight excluding hydrogens is 344 g/mol. The van der Waals surface area contributed by atoms with Crippen LogP contribution in [0.25, 0.3) is 0 Å². The lowest BCUT2D eigenvalue weighted by molar-refractivity contribution is -0.146. The first kappa shape index (κ1) is 17.5. The van der Waals surface area contributed by atoms with Gasteiger partial charge in [0.05, 0.1) is 22.4 Å². The van der Waals surface area contributed by atoms with Gasteiger partial charge in [0, 0.05) is 11.7 Å². The maximum Gasteiger partial charge on any atom is 0.307 e. The lowest BCUT2D eigenvalue weighted by Gasteiger charge is -2.24. The van der Waals surface area contributed by atoms with Gasteiger partial charge in [-0.15, -0.1) is 0 Å². The molecule has 25 heavy (non-hydrogen) atoms. The van der Waals surface area contributed by atoms with Crippen molar-refractivity contribution in [3.05, 3.63) is 40.9 Å². The van der Waals surface area contributed by atoms with Crippen LogP contribution >= 0.6 is 11.6 Å². The molecule has 132 valence electrons. The standard InChI is InChI=1S/C18H19ClN2O4/c19-15-9-11(7-8-14(15)17(23)20-10-5-6-10)21-16(22)12-3-1-2-4-13(12)18(24)25/h1-2,7-10,12-13H,3-6H2,(H,20,23)(H,21,22)(H,24,25)/t12-,13-/m0/s1. The van der Waals surface area contributed by atoms with Crippen molar-refractivity contribution >= 4 is 35.1 Å². The van der Waals surface area contributed by atoms with Gasteiger partial charge in [0.2, 0.25) is 5.91 Å². The summed E-state index contributed by atoms with van der Waals surface area (Å²) < 4.78 is 0. The molecule has 0 spiro atoms. The van der Waals surface area contributed by atoms with Gasteiger partial charge >= 0.3 is 5.97 Å². The second-order valence-electron chi connectivity index (χ2n) is 6.43. The van der Waals surface area contributed by atoms with Crippen LogP contribution in [0.15, 0.2) is 30.4 Å². The molecule has 1 aromatic carbocycles. The highest BCUT2D eigenvalue weighted by Gasteiger charge is 2.34. The maximum atomic E-state index is 12.4. The molecular formula is C18H19ClN2O4. The molecule has 3 N–H and O–H groups in total. The molecule has 2 atom stereocenters. The minimum atomic E-state index is -0.977. The van der Waals surface area contributed by atoms with Gasteiger partial charge in [-0.05, 0) is 43.9 Å². The van der Waals surface area contributed by atoms with Crippen molar-refractivity contribution in [1.82, 2.24) is 5.32 Å². The number of hydrogen-bond acceptors (Lipinski definition) is 3. The Morgan fingerprint density at radius 1 is 1.08 bits per heavy atom. The van der Waals surface area contributed by atoms with E-state index in [1.807, 2.05) is 6.08 Å². The molecule has 0 aromatic heterocycles. The number of carbonyl (C=O) groups is 3. The van der Waals surface area contributed by atoms with Crippen molar-refractivity contribution in [3.63, 3.8) is 0 Å². The van der Waals surface area contributed by atoms with Crippen LogP contribution in [0.3, 0.4) is 0 Å². The highest BCUT2D eigenvalue weighted by molar-refractivity contribution is 6.34. The van der Waals surface area contributed by atoms with Gasteiger partial charge in [-0.3, -0.25) is 14.4 Å². The zero-order chi connectivity index (χ0) is 18.0. The summed E-state index contributed by atoms with van der Waals surface area (Å²) in [4.78, 5) is 35.8. The van der Waals surface area contributed by atoms with E-state index in [1.54, 1.807) is 18.2 Å². The molecule has 1 aromatic rings. The molecule has 2 aliphatic carbocycles. The van der Waals surface area contributed by atoms with Gasteiger partial charge in [-0.2, -0.15) is 0 Å². The van der Waals surface area contributed by atoms with Gasteiger partial charge in [0.25, 0.3) is 5.91 Å². The Morgan fingerprint density at radius 2 is 1.76 bits per heavy atom. The minimum Gasteiger partial charge on any atom is -0.481 e. The van der Waals surface area contributed by atoms with Gasteiger partial charge in [-0.25, -0.2) is 0 Å². The molecule has 0 aliphatic heterocycles. The van der Waals surface area contributed by atoms with E-state index in [-0.39, 0.29) is 22.9 Å². The van der Waals surface area contributed by atoms with Gasteiger partial charge < -0.3 is 15.7 Å².